The largest absolute Gasteiger partial charge is 0.465 e. The average molecular weight is 492 g/mol. The monoisotopic (exact) mass is 491 g/mol. The summed E-state index contributed by atoms with van der Waals surface area (Å²) in [6, 6.07) is 11.6. The number of hydrogen-bond acceptors (Lipinski definition) is 6. The van der Waals surface area contributed by atoms with Crippen molar-refractivity contribution in [3.8, 4) is 5.00 Å². The van der Waals surface area contributed by atoms with Crippen molar-refractivity contribution < 1.29 is 14.3 Å². The second-order valence-corrected chi connectivity index (χ2v) is 10.5. The Morgan fingerprint density at radius 1 is 1.18 bits per heavy atom. The van der Waals surface area contributed by atoms with Gasteiger partial charge in [0.1, 0.15) is 5.00 Å². The molecule has 6 nitrogen and oxygen atoms in total. The molecule has 174 valence electrons. The number of amides is 1. The average Bonchev–Trinajstić information content (AvgIpc) is 3.46. The molecule has 1 aliphatic carbocycles. The second-order valence-electron chi connectivity index (χ2n) is 8.36. The maximum Gasteiger partial charge on any atom is 0.341 e. The van der Waals surface area contributed by atoms with Crippen molar-refractivity contribution in [2.24, 2.45) is 4.99 Å². The first-order chi connectivity index (χ1) is 16.5. The fourth-order valence-electron chi connectivity index (χ4n) is 4.51. The van der Waals surface area contributed by atoms with Crippen molar-refractivity contribution in [3.63, 3.8) is 0 Å². The van der Waals surface area contributed by atoms with Crippen LogP contribution in [0, 0.1) is 13.8 Å². The third-order valence-corrected chi connectivity index (χ3v) is 8.33. The van der Waals surface area contributed by atoms with Gasteiger partial charge < -0.3 is 14.6 Å². The molecule has 8 heteroatoms. The van der Waals surface area contributed by atoms with Gasteiger partial charge in [0.15, 0.2) is 5.17 Å². The zero-order valence-corrected chi connectivity index (χ0v) is 20.9. The molecule has 34 heavy (non-hydrogen) atoms. The number of esters is 1. The number of aryl methyl sites for hydroxylation is 2. The Morgan fingerprint density at radius 2 is 1.94 bits per heavy atom. The third-order valence-electron chi connectivity index (χ3n) is 6.14. The van der Waals surface area contributed by atoms with Crippen LogP contribution in [0.25, 0.3) is 11.1 Å². The summed E-state index contributed by atoms with van der Waals surface area (Å²) < 4.78 is 7.29. The minimum absolute atomic E-state index is 0.161. The number of fused-ring (bicyclic) bond motifs is 1. The number of methoxy groups -OCH3 is 1. The van der Waals surface area contributed by atoms with Crippen molar-refractivity contribution in [1.29, 1.82) is 0 Å². The Bertz CT molecular complexity index is 1350. The number of carbonyl (C=O) groups is 2. The van der Waals surface area contributed by atoms with Crippen LogP contribution in [-0.4, -0.2) is 28.7 Å². The topological polar surface area (TPSA) is 72.7 Å². The molecule has 1 aromatic carbocycles. The first-order valence-corrected chi connectivity index (χ1v) is 12.9. The van der Waals surface area contributed by atoms with E-state index in [1.165, 1.54) is 23.7 Å². The van der Waals surface area contributed by atoms with Crippen molar-refractivity contribution >= 4 is 51.9 Å². The highest BCUT2D eigenvalue weighted by atomic mass is 32.2. The summed E-state index contributed by atoms with van der Waals surface area (Å²) in [6.07, 6.45) is 6.05. The highest BCUT2D eigenvalue weighted by Gasteiger charge is 2.29. The van der Waals surface area contributed by atoms with Crippen LogP contribution in [-0.2, 0) is 22.4 Å². The van der Waals surface area contributed by atoms with Crippen LogP contribution in [0.3, 0.4) is 0 Å². The predicted octanol–water partition coefficient (Wildman–Crippen LogP) is 5.71. The van der Waals surface area contributed by atoms with Gasteiger partial charge in [-0.2, -0.15) is 0 Å². The summed E-state index contributed by atoms with van der Waals surface area (Å²) in [4.78, 5) is 31.8. The van der Waals surface area contributed by atoms with E-state index >= 15 is 0 Å². The molecule has 0 radical (unpaired) electrons. The molecule has 1 saturated heterocycles. The van der Waals surface area contributed by atoms with Gasteiger partial charge in [-0.05, 0) is 86.7 Å². The number of thioether (sulfide) groups is 1. The van der Waals surface area contributed by atoms with Crippen LogP contribution in [0.1, 0.15) is 50.6 Å². The van der Waals surface area contributed by atoms with Crippen LogP contribution < -0.4 is 5.32 Å². The number of aromatic nitrogens is 1. The number of thiophene rings is 1. The Morgan fingerprint density at radius 3 is 2.71 bits per heavy atom. The Labute approximate surface area is 206 Å². The maximum absolute atomic E-state index is 12.8. The highest BCUT2D eigenvalue weighted by molar-refractivity contribution is 8.18. The maximum atomic E-state index is 12.8. The molecule has 0 spiro atoms. The van der Waals surface area contributed by atoms with Crippen molar-refractivity contribution in [2.45, 2.75) is 39.5 Å². The van der Waals surface area contributed by atoms with Gasteiger partial charge in [-0.1, -0.05) is 18.2 Å². The molecule has 2 aliphatic rings. The number of rotatable bonds is 4. The summed E-state index contributed by atoms with van der Waals surface area (Å²) in [6.45, 7) is 4.05. The number of aliphatic imine (C=N–C) groups is 1. The van der Waals surface area contributed by atoms with Gasteiger partial charge in [0.25, 0.3) is 5.91 Å². The van der Waals surface area contributed by atoms with Gasteiger partial charge in [-0.15, -0.1) is 11.3 Å². The zero-order valence-electron chi connectivity index (χ0n) is 19.3. The summed E-state index contributed by atoms with van der Waals surface area (Å²) in [7, 11) is 1.44. The van der Waals surface area contributed by atoms with E-state index in [0.717, 1.165) is 58.9 Å². The van der Waals surface area contributed by atoms with Gasteiger partial charge in [0.05, 0.1) is 23.3 Å². The Balaban J connectivity index is 1.52. The number of nitrogens with one attached hydrogen (secondary N) is 1. The lowest BCUT2D eigenvalue weighted by atomic mass is 9.95. The number of ether oxygens (including phenoxy) is 1. The van der Waals surface area contributed by atoms with Crippen LogP contribution in [0.2, 0.25) is 0 Å². The van der Waals surface area contributed by atoms with Gasteiger partial charge in [-0.25, -0.2) is 9.79 Å². The van der Waals surface area contributed by atoms with E-state index in [1.807, 2.05) is 50.3 Å². The number of amidine groups is 1. The number of nitrogens with zero attached hydrogens (tertiary/aromatic N) is 2. The van der Waals surface area contributed by atoms with Gasteiger partial charge in [-0.3, -0.25) is 4.79 Å². The normalized spacial score (nSPS) is 17.8. The van der Waals surface area contributed by atoms with E-state index in [-0.39, 0.29) is 11.9 Å². The molecule has 1 fully saturated rings. The third kappa shape index (κ3) is 4.12. The lowest BCUT2D eigenvalue weighted by Gasteiger charge is -2.12. The SMILES string of the molecule is COC(=O)c1c(-n2c(C)cc(/C=C3\SC(=Nc4ccccc4)NC3=O)c2C)sc2c1CCCC2. The van der Waals surface area contributed by atoms with E-state index in [9.17, 15) is 9.59 Å². The molecule has 0 bridgehead atoms. The van der Waals surface area contributed by atoms with Gasteiger partial charge in [0.2, 0.25) is 0 Å². The van der Waals surface area contributed by atoms with Crippen LogP contribution in [0.4, 0.5) is 5.69 Å². The molecule has 1 N–H and O–H groups in total. The molecule has 5 rings (SSSR count). The molecule has 1 amide bonds. The molecular formula is C26H25N3O3S2. The smallest absolute Gasteiger partial charge is 0.341 e. The van der Waals surface area contributed by atoms with Crippen molar-refractivity contribution in [3.05, 3.63) is 74.3 Å². The molecule has 3 heterocycles. The fourth-order valence-corrected chi connectivity index (χ4v) is 6.83. The lowest BCUT2D eigenvalue weighted by Crippen LogP contribution is -2.19. The minimum Gasteiger partial charge on any atom is -0.465 e. The molecule has 3 aromatic rings. The van der Waals surface area contributed by atoms with Gasteiger partial charge in [0, 0.05) is 16.3 Å². The van der Waals surface area contributed by atoms with Crippen molar-refractivity contribution in [2.75, 3.05) is 7.11 Å². The fraction of sp³-hybridized carbons (Fsp3) is 0.269. The number of hydrogen-bond donors (Lipinski definition) is 1. The summed E-state index contributed by atoms with van der Waals surface area (Å²) in [5.41, 5.74) is 5.55. The summed E-state index contributed by atoms with van der Waals surface area (Å²) in [5.74, 6) is -0.444. The molecule has 0 unspecified atom stereocenters. The highest BCUT2D eigenvalue weighted by Crippen LogP contribution is 2.39. The first-order valence-electron chi connectivity index (χ1n) is 11.2. The second kappa shape index (κ2) is 9.27. The van der Waals surface area contributed by atoms with E-state index in [0.29, 0.717) is 15.6 Å². The minimum atomic E-state index is -0.283. The number of carbonyl (C=O) groups excluding carboxylic acids is 2. The molecule has 0 saturated carbocycles. The quantitative estimate of drug-likeness (QED) is 0.375. The first kappa shape index (κ1) is 22.7. The Kier molecular flexibility index (Phi) is 6.18. The van der Waals surface area contributed by atoms with E-state index in [1.54, 1.807) is 11.3 Å². The lowest BCUT2D eigenvalue weighted by molar-refractivity contribution is -0.115. The van der Waals surface area contributed by atoms with Crippen LogP contribution in [0.15, 0.2) is 46.3 Å². The molecular weight excluding hydrogens is 466 g/mol. The summed E-state index contributed by atoms with van der Waals surface area (Å²) in [5, 5.41) is 4.33. The van der Waals surface area contributed by atoms with Gasteiger partial charge >= 0.3 is 5.97 Å². The standard InChI is InChI=1S/C26H25N3O3S2/c1-15-13-17(14-21-23(30)28-26(34-21)27-18-9-5-4-6-10-18)16(2)29(15)24-22(25(31)32-3)19-11-7-8-12-20(19)33-24/h4-6,9-10,13-14H,7-8,11-12H2,1-3H3,(H,27,28,30)/b21-14-. The molecule has 0 atom stereocenters. The summed E-state index contributed by atoms with van der Waals surface area (Å²) >= 11 is 3.01. The predicted molar refractivity (Wildman–Crippen MR) is 138 cm³/mol. The molecule has 1 aliphatic heterocycles. The van der Waals surface area contributed by atoms with E-state index in [2.05, 4.69) is 20.9 Å². The van der Waals surface area contributed by atoms with E-state index in [4.69, 9.17) is 4.74 Å². The van der Waals surface area contributed by atoms with Crippen LogP contribution >= 0.6 is 23.1 Å². The molecule has 2 aromatic heterocycles. The van der Waals surface area contributed by atoms with Crippen LogP contribution in [0.5, 0.6) is 0 Å². The zero-order chi connectivity index (χ0) is 23.8. The van der Waals surface area contributed by atoms with Crippen molar-refractivity contribution in [1.82, 2.24) is 9.88 Å². The number of para-hydroxylation sites is 1. The number of benzene rings is 1. The van der Waals surface area contributed by atoms with E-state index < -0.39 is 0 Å². The Hall–Kier alpha value is -3.10.